The molecule has 3 rings (SSSR count). The lowest BCUT2D eigenvalue weighted by Crippen LogP contribution is -2.22. The molecule has 0 bridgehead atoms. The molecule has 1 aromatic heterocycles. The molecule has 0 spiro atoms. The topological polar surface area (TPSA) is 31.4 Å². The molecule has 0 unspecified atom stereocenters. The zero-order valence-electron chi connectivity index (χ0n) is 15.8. The highest BCUT2D eigenvalue weighted by molar-refractivity contribution is 7.18. The Morgan fingerprint density at radius 2 is 1.68 bits per heavy atom. The lowest BCUT2D eigenvalue weighted by atomic mass is 10.1. The van der Waals surface area contributed by atoms with Gasteiger partial charge in [0.25, 0.3) is 0 Å². The van der Waals surface area contributed by atoms with Crippen LogP contribution in [0.1, 0.15) is 23.9 Å². The first-order valence-corrected chi connectivity index (χ1v) is 9.63. The Labute approximate surface area is 175 Å². The number of alkyl halides is 5. The van der Waals surface area contributed by atoms with Crippen molar-refractivity contribution in [3.63, 3.8) is 0 Å². The van der Waals surface area contributed by atoms with Crippen molar-refractivity contribution < 1.29 is 40.2 Å². The summed E-state index contributed by atoms with van der Waals surface area (Å²) in [5.74, 6) is -6.49. The Morgan fingerprint density at radius 1 is 1.00 bits per heavy atom. The van der Waals surface area contributed by atoms with Crippen LogP contribution in [0.3, 0.4) is 0 Å². The van der Waals surface area contributed by atoms with Crippen molar-refractivity contribution in [1.82, 2.24) is 4.98 Å². The van der Waals surface area contributed by atoms with E-state index in [0.29, 0.717) is 22.5 Å². The van der Waals surface area contributed by atoms with E-state index in [1.54, 1.807) is 18.2 Å². The molecule has 3 nitrogen and oxygen atoms in total. The number of allylic oxidation sites excluding steroid dienone is 2. The number of thiazole rings is 1. The summed E-state index contributed by atoms with van der Waals surface area (Å²) in [4.78, 5) is 3.80. The predicted octanol–water partition coefficient (Wildman–Crippen LogP) is 7.11. The summed E-state index contributed by atoms with van der Waals surface area (Å²) < 4.78 is 101. The zero-order chi connectivity index (χ0) is 22.8. The van der Waals surface area contributed by atoms with Crippen molar-refractivity contribution in [3.05, 3.63) is 64.7 Å². The first kappa shape index (κ1) is 22.9. The van der Waals surface area contributed by atoms with Gasteiger partial charge in [0.1, 0.15) is 5.75 Å². The third-order valence-electron chi connectivity index (χ3n) is 3.97. The average Bonchev–Trinajstić information content (AvgIpc) is 3.08. The molecular weight excluding hydrogens is 451 g/mol. The maximum atomic E-state index is 14.5. The summed E-state index contributed by atoms with van der Waals surface area (Å²) >= 11 is 0.631. The van der Waals surface area contributed by atoms with Crippen LogP contribution in [-0.2, 0) is 12.5 Å². The van der Waals surface area contributed by atoms with Crippen molar-refractivity contribution in [2.75, 3.05) is 0 Å². The van der Waals surface area contributed by atoms with Gasteiger partial charge >= 0.3 is 12.5 Å². The van der Waals surface area contributed by atoms with Gasteiger partial charge in [-0.1, -0.05) is 18.2 Å². The maximum absolute atomic E-state index is 14.5. The fourth-order valence-electron chi connectivity index (χ4n) is 2.67. The summed E-state index contributed by atoms with van der Waals surface area (Å²) in [5, 5.41) is -0.774. The standard InChI is InChI=1S/C20H14F7NO2S/c1-2-3-4-5-11-6-7-15-16(8-11)31-18(28-15)19(23,24)29-12-9-13(21)17(14(22)10-12)30-20(25,26)27/h2-3,6-10H,4-5H2,1H3/b3-2+. The van der Waals surface area contributed by atoms with Crippen molar-refractivity contribution in [3.8, 4) is 11.5 Å². The summed E-state index contributed by atoms with van der Waals surface area (Å²) in [7, 11) is 0. The molecule has 0 saturated heterocycles. The summed E-state index contributed by atoms with van der Waals surface area (Å²) in [6, 6.07) is 5.37. The first-order chi connectivity index (χ1) is 14.5. The molecule has 0 aliphatic rings. The van der Waals surface area contributed by atoms with Gasteiger partial charge in [-0.25, -0.2) is 13.8 Å². The summed E-state index contributed by atoms with van der Waals surface area (Å²) in [5.41, 5.74) is 1.19. The number of nitrogens with zero attached hydrogens (tertiary/aromatic N) is 1. The van der Waals surface area contributed by atoms with E-state index < -0.39 is 40.6 Å². The smallest absolute Gasteiger partial charge is 0.427 e. The molecule has 0 fully saturated rings. The van der Waals surface area contributed by atoms with Gasteiger partial charge in [-0.15, -0.1) is 24.5 Å². The van der Waals surface area contributed by atoms with Crippen molar-refractivity contribution in [1.29, 1.82) is 0 Å². The molecule has 2 aromatic carbocycles. The van der Waals surface area contributed by atoms with Gasteiger partial charge in [0.05, 0.1) is 10.2 Å². The zero-order valence-corrected chi connectivity index (χ0v) is 16.6. The number of aromatic nitrogens is 1. The van der Waals surface area contributed by atoms with E-state index in [1.807, 2.05) is 19.1 Å². The molecule has 0 N–H and O–H groups in total. The van der Waals surface area contributed by atoms with Crippen LogP contribution in [0.2, 0.25) is 0 Å². The number of rotatable bonds is 7. The normalized spacial score (nSPS) is 12.6. The first-order valence-electron chi connectivity index (χ1n) is 8.81. The van der Waals surface area contributed by atoms with E-state index in [2.05, 4.69) is 14.5 Å². The second kappa shape index (κ2) is 8.74. The van der Waals surface area contributed by atoms with Gasteiger partial charge in [0, 0.05) is 12.1 Å². The average molecular weight is 465 g/mol. The molecule has 31 heavy (non-hydrogen) atoms. The van der Waals surface area contributed by atoms with Gasteiger partial charge in [-0.3, -0.25) is 0 Å². The third-order valence-corrected chi connectivity index (χ3v) is 5.04. The minimum absolute atomic E-state index is 0.171. The van der Waals surface area contributed by atoms with E-state index in [4.69, 9.17) is 0 Å². The number of fused-ring (bicyclic) bond motifs is 1. The number of benzene rings is 2. The Bertz CT molecular complexity index is 1090. The second-order valence-corrected chi connectivity index (χ2v) is 7.34. The monoisotopic (exact) mass is 465 g/mol. The van der Waals surface area contributed by atoms with Crippen LogP contribution in [-0.4, -0.2) is 11.3 Å². The van der Waals surface area contributed by atoms with E-state index in [1.165, 1.54) is 0 Å². The summed E-state index contributed by atoms with van der Waals surface area (Å²) in [6.45, 7) is 1.88. The number of halogens is 7. The lowest BCUT2D eigenvalue weighted by molar-refractivity contribution is -0.276. The lowest BCUT2D eigenvalue weighted by Gasteiger charge is -2.17. The van der Waals surface area contributed by atoms with Crippen LogP contribution in [0.15, 0.2) is 42.5 Å². The number of hydrogen-bond donors (Lipinski definition) is 0. The molecule has 0 atom stereocenters. The number of ether oxygens (including phenoxy) is 2. The van der Waals surface area contributed by atoms with E-state index in [-0.39, 0.29) is 17.6 Å². The molecule has 0 aliphatic carbocycles. The van der Waals surface area contributed by atoms with Crippen LogP contribution in [0, 0.1) is 11.6 Å². The summed E-state index contributed by atoms with van der Waals surface area (Å²) in [6.07, 6.45) is -4.10. The van der Waals surface area contributed by atoms with Crippen LogP contribution < -0.4 is 9.47 Å². The van der Waals surface area contributed by atoms with Gasteiger partial charge in [-0.05, 0) is 37.5 Å². The second-order valence-electron chi connectivity index (χ2n) is 6.31. The molecule has 0 saturated carbocycles. The number of aryl methyl sites for hydroxylation is 1. The predicted molar refractivity (Wildman–Crippen MR) is 100 cm³/mol. The maximum Gasteiger partial charge on any atom is 0.573 e. The Hall–Kier alpha value is -2.82. The van der Waals surface area contributed by atoms with Gasteiger partial charge in [0.15, 0.2) is 11.6 Å². The highest BCUT2D eigenvalue weighted by atomic mass is 32.1. The minimum atomic E-state index is -5.36. The highest BCUT2D eigenvalue weighted by Gasteiger charge is 2.40. The Kier molecular flexibility index (Phi) is 6.44. The third kappa shape index (κ3) is 5.66. The van der Waals surface area contributed by atoms with Crippen molar-refractivity contribution >= 4 is 21.6 Å². The van der Waals surface area contributed by atoms with Gasteiger partial charge in [0.2, 0.25) is 10.8 Å². The quantitative estimate of drug-likeness (QED) is 0.275. The van der Waals surface area contributed by atoms with Crippen molar-refractivity contribution in [2.24, 2.45) is 0 Å². The molecule has 3 aromatic rings. The highest BCUT2D eigenvalue weighted by Crippen LogP contribution is 2.39. The van der Waals surface area contributed by atoms with E-state index >= 15 is 0 Å². The van der Waals surface area contributed by atoms with Crippen LogP contribution in [0.4, 0.5) is 30.7 Å². The van der Waals surface area contributed by atoms with E-state index in [9.17, 15) is 30.7 Å². The Balaban J connectivity index is 1.83. The molecule has 0 aliphatic heterocycles. The van der Waals surface area contributed by atoms with Gasteiger partial charge in [-0.2, -0.15) is 8.78 Å². The van der Waals surface area contributed by atoms with Crippen molar-refractivity contribution in [2.45, 2.75) is 32.2 Å². The molecule has 1 heterocycles. The van der Waals surface area contributed by atoms with E-state index in [0.717, 1.165) is 12.0 Å². The minimum Gasteiger partial charge on any atom is -0.427 e. The largest absolute Gasteiger partial charge is 0.573 e. The molecule has 11 heteroatoms. The molecule has 0 amide bonds. The molecule has 0 radical (unpaired) electrons. The number of hydrogen-bond acceptors (Lipinski definition) is 4. The van der Waals surface area contributed by atoms with Crippen LogP contribution in [0.5, 0.6) is 11.5 Å². The Morgan fingerprint density at radius 3 is 2.29 bits per heavy atom. The fourth-order valence-corrected chi connectivity index (χ4v) is 3.61. The van der Waals surface area contributed by atoms with Crippen LogP contribution in [0.25, 0.3) is 10.2 Å². The van der Waals surface area contributed by atoms with Gasteiger partial charge < -0.3 is 9.47 Å². The molecular formula is C20H14F7NO2S. The fraction of sp³-hybridized carbons (Fsp3) is 0.250. The molecule has 166 valence electrons. The SMILES string of the molecule is C/C=C/CCc1ccc2nc(C(F)(F)Oc3cc(F)c(OC(F)(F)F)c(F)c3)sc2c1. The van der Waals surface area contributed by atoms with Crippen LogP contribution >= 0.6 is 11.3 Å².